The lowest BCUT2D eigenvalue weighted by molar-refractivity contribution is -0.125. The quantitative estimate of drug-likeness (QED) is 0.329. The Bertz CT molecular complexity index is 1090. The van der Waals surface area contributed by atoms with Gasteiger partial charge in [0.25, 0.3) is 5.91 Å². The number of hydrogen-bond acceptors (Lipinski definition) is 7. The van der Waals surface area contributed by atoms with E-state index in [1.54, 1.807) is 12.0 Å². The third-order valence-corrected chi connectivity index (χ3v) is 7.19. The number of amides is 4. The minimum atomic E-state index is -0.331. The van der Waals surface area contributed by atoms with Gasteiger partial charge >= 0.3 is 0 Å². The van der Waals surface area contributed by atoms with Gasteiger partial charge in [0, 0.05) is 36.8 Å². The number of nitrogens with one attached hydrogen (secondary N) is 2. The van der Waals surface area contributed by atoms with E-state index >= 15 is 0 Å². The van der Waals surface area contributed by atoms with Gasteiger partial charge in [-0.3, -0.25) is 24.5 Å². The smallest absolute Gasteiger partial charge is 0.254 e. The Morgan fingerprint density at radius 3 is 2.38 bits per heavy atom. The molecule has 0 bridgehead atoms. The second-order valence-corrected chi connectivity index (χ2v) is 9.96. The zero-order valence-electron chi connectivity index (χ0n) is 23.6. The third kappa shape index (κ3) is 10.3. The fourth-order valence-corrected chi connectivity index (χ4v) is 4.83. The van der Waals surface area contributed by atoms with Crippen LogP contribution in [0.3, 0.4) is 0 Å². The summed E-state index contributed by atoms with van der Waals surface area (Å²) < 4.78 is 5.16. The number of rotatable bonds is 10. The highest BCUT2D eigenvalue weighted by Crippen LogP contribution is 2.27. The molecule has 6 N–H and O–H groups in total. The molecule has 0 saturated heterocycles. The number of nitrogens with two attached hydrogens (primary N) is 2. The van der Waals surface area contributed by atoms with Crippen LogP contribution < -0.4 is 26.8 Å². The van der Waals surface area contributed by atoms with Gasteiger partial charge in [-0.25, -0.2) is 0 Å². The summed E-state index contributed by atoms with van der Waals surface area (Å²) >= 11 is 0. The molecule has 2 aromatic rings. The SMILES string of the molecule is COc1ccc(NCc2ccc3c(c2)CN(C(C)CCC(=O)NC=O)C3=O)cc1.NC=O.NCC1CCCCC1. The van der Waals surface area contributed by atoms with Crippen molar-refractivity contribution in [2.75, 3.05) is 19.0 Å². The molecule has 4 amide bonds. The largest absolute Gasteiger partial charge is 0.497 e. The van der Waals surface area contributed by atoms with Gasteiger partial charge < -0.3 is 26.4 Å². The number of hydrogen-bond donors (Lipinski definition) is 4. The van der Waals surface area contributed by atoms with Crippen molar-refractivity contribution in [3.63, 3.8) is 0 Å². The highest BCUT2D eigenvalue weighted by atomic mass is 16.5. The van der Waals surface area contributed by atoms with E-state index in [4.69, 9.17) is 15.3 Å². The lowest BCUT2D eigenvalue weighted by atomic mass is 9.90. The molecule has 2 aliphatic rings. The van der Waals surface area contributed by atoms with Crippen molar-refractivity contribution in [1.82, 2.24) is 10.2 Å². The molecule has 2 aromatic carbocycles. The maximum Gasteiger partial charge on any atom is 0.254 e. The Morgan fingerprint density at radius 2 is 1.80 bits per heavy atom. The summed E-state index contributed by atoms with van der Waals surface area (Å²) in [5.41, 5.74) is 13.5. The van der Waals surface area contributed by atoms with Crippen LogP contribution in [0.15, 0.2) is 42.5 Å². The molecule has 0 spiro atoms. The van der Waals surface area contributed by atoms with Crippen molar-refractivity contribution in [3.8, 4) is 5.75 Å². The van der Waals surface area contributed by atoms with Crippen LogP contribution in [0.25, 0.3) is 0 Å². The van der Waals surface area contributed by atoms with E-state index in [0.29, 0.717) is 31.5 Å². The normalized spacial score (nSPS) is 14.9. The fourth-order valence-electron chi connectivity index (χ4n) is 4.83. The van der Waals surface area contributed by atoms with Gasteiger partial charge in [-0.05, 0) is 80.1 Å². The van der Waals surface area contributed by atoms with Crippen molar-refractivity contribution in [1.29, 1.82) is 0 Å². The molecule has 4 rings (SSSR count). The zero-order valence-corrected chi connectivity index (χ0v) is 23.6. The molecule has 1 atom stereocenters. The molecular formula is C30H43N5O5. The summed E-state index contributed by atoms with van der Waals surface area (Å²) in [6.45, 7) is 4.01. The number of carbonyl (C=O) groups is 4. The summed E-state index contributed by atoms with van der Waals surface area (Å²) in [4.78, 5) is 44.8. The van der Waals surface area contributed by atoms with Crippen LogP contribution in [0.2, 0.25) is 0 Å². The Kier molecular flexibility index (Phi) is 14.2. The van der Waals surface area contributed by atoms with Crippen LogP contribution in [-0.4, -0.2) is 49.2 Å². The van der Waals surface area contributed by atoms with Gasteiger partial charge in [-0.2, -0.15) is 0 Å². The molecule has 1 fully saturated rings. The molecule has 1 unspecified atom stereocenters. The van der Waals surface area contributed by atoms with Gasteiger partial charge in [-0.15, -0.1) is 0 Å². The minimum absolute atomic E-state index is 0.0158. The summed E-state index contributed by atoms with van der Waals surface area (Å²) in [6, 6.07) is 13.5. The number of ether oxygens (including phenoxy) is 1. The van der Waals surface area contributed by atoms with E-state index in [0.717, 1.165) is 35.0 Å². The lowest BCUT2D eigenvalue weighted by Crippen LogP contribution is -2.34. The molecule has 10 nitrogen and oxygen atoms in total. The van der Waals surface area contributed by atoms with Gasteiger partial charge in [0.05, 0.1) is 7.11 Å². The van der Waals surface area contributed by atoms with Gasteiger partial charge in [0.2, 0.25) is 18.7 Å². The number of anilines is 1. The van der Waals surface area contributed by atoms with Crippen LogP contribution in [0.4, 0.5) is 5.69 Å². The van der Waals surface area contributed by atoms with E-state index in [2.05, 4.69) is 22.4 Å². The first-order valence-corrected chi connectivity index (χ1v) is 13.8. The minimum Gasteiger partial charge on any atom is -0.497 e. The number of fused-ring (bicyclic) bond motifs is 1. The summed E-state index contributed by atoms with van der Waals surface area (Å²) in [5.74, 6) is 1.33. The van der Waals surface area contributed by atoms with Crippen LogP contribution in [-0.2, 0) is 27.5 Å². The molecule has 10 heteroatoms. The van der Waals surface area contributed by atoms with Crippen molar-refractivity contribution in [3.05, 3.63) is 59.2 Å². The van der Waals surface area contributed by atoms with Crippen molar-refractivity contribution >= 4 is 30.3 Å². The first-order valence-electron chi connectivity index (χ1n) is 13.8. The average molecular weight is 554 g/mol. The Labute approximate surface area is 236 Å². The van der Waals surface area contributed by atoms with Crippen LogP contribution in [0.1, 0.15) is 73.4 Å². The number of imide groups is 1. The second kappa shape index (κ2) is 17.6. The first-order chi connectivity index (χ1) is 19.4. The topological polar surface area (TPSA) is 157 Å². The number of methoxy groups -OCH3 is 1. The van der Waals surface area contributed by atoms with Crippen molar-refractivity contribution in [2.24, 2.45) is 17.4 Å². The molecule has 1 saturated carbocycles. The number of primary amides is 1. The molecule has 1 aliphatic carbocycles. The molecule has 1 heterocycles. The number of nitrogens with zero attached hydrogens (tertiary/aromatic N) is 1. The Balaban J connectivity index is 0.000000427. The average Bonchev–Trinajstić information content (AvgIpc) is 3.32. The maximum atomic E-state index is 12.7. The van der Waals surface area contributed by atoms with E-state index < -0.39 is 0 Å². The molecule has 1 aliphatic heterocycles. The van der Waals surface area contributed by atoms with Crippen molar-refractivity contribution in [2.45, 2.75) is 71.0 Å². The molecule has 0 radical (unpaired) electrons. The predicted molar refractivity (Wildman–Crippen MR) is 155 cm³/mol. The van der Waals surface area contributed by atoms with Crippen molar-refractivity contribution < 1.29 is 23.9 Å². The standard InChI is InChI=1S/C22H25N3O4.C7H15N.CH3NO/c1-15(3-10-21(27)24-14-26)25-13-17-11-16(4-9-20(17)22(25)28)12-23-18-5-7-19(29-2)8-6-18;8-6-7-4-2-1-3-5-7;2-1-3/h4-9,11,14-15,23H,3,10,12-13H2,1-2H3,(H,24,26,27);7H,1-6,8H2;1H,(H2,2,3). The van der Waals surface area contributed by atoms with E-state index in [1.165, 1.54) is 32.1 Å². The third-order valence-electron chi connectivity index (χ3n) is 7.19. The van der Waals surface area contributed by atoms with E-state index in [-0.39, 0.29) is 30.7 Å². The number of carbonyl (C=O) groups excluding carboxylic acids is 4. The van der Waals surface area contributed by atoms with Crippen LogP contribution in [0, 0.1) is 5.92 Å². The summed E-state index contributed by atoms with van der Waals surface area (Å²) in [7, 11) is 1.64. The van der Waals surface area contributed by atoms with Crippen LogP contribution in [0.5, 0.6) is 5.75 Å². The summed E-state index contributed by atoms with van der Waals surface area (Å²) in [5, 5.41) is 5.49. The van der Waals surface area contributed by atoms with Gasteiger partial charge in [0.15, 0.2) is 0 Å². The number of benzene rings is 2. The Hall–Kier alpha value is -3.92. The predicted octanol–water partition coefficient (Wildman–Crippen LogP) is 3.33. The Morgan fingerprint density at radius 1 is 1.12 bits per heavy atom. The van der Waals surface area contributed by atoms with E-state index in [9.17, 15) is 14.4 Å². The molecule has 40 heavy (non-hydrogen) atoms. The highest BCUT2D eigenvalue weighted by Gasteiger charge is 2.30. The second-order valence-electron chi connectivity index (χ2n) is 9.96. The highest BCUT2D eigenvalue weighted by molar-refractivity contribution is 5.98. The van der Waals surface area contributed by atoms with Crippen LogP contribution >= 0.6 is 0 Å². The first kappa shape index (κ1) is 32.3. The molecule has 218 valence electrons. The maximum absolute atomic E-state index is 12.7. The van der Waals surface area contributed by atoms with Gasteiger partial charge in [-0.1, -0.05) is 31.4 Å². The fraction of sp³-hybridized carbons (Fsp3) is 0.467. The molecular weight excluding hydrogens is 510 g/mol. The monoisotopic (exact) mass is 553 g/mol. The zero-order chi connectivity index (χ0) is 29.3. The van der Waals surface area contributed by atoms with Gasteiger partial charge in [0.1, 0.15) is 5.75 Å². The van der Waals surface area contributed by atoms with E-state index in [1.807, 2.05) is 43.3 Å². The molecule has 0 aromatic heterocycles. The lowest BCUT2D eigenvalue weighted by Gasteiger charge is -2.23. The summed E-state index contributed by atoms with van der Waals surface area (Å²) in [6.07, 6.45) is 8.39.